The van der Waals surface area contributed by atoms with Crippen molar-refractivity contribution in [3.8, 4) is 11.4 Å². The average molecular weight is 469 g/mol. The summed E-state index contributed by atoms with van der Waals surface area (Å²) >= 11 is 0. The van der Waals surface area contributed by atoms with Crippen LogP contribution in [0.1, 0.15) is 48.7 Å². The molecule has 180 valence electrons. The Morgan fingerprint density at radius 1 is 1.03 bits per heavy atom. The average Bonchev–Trinajstić information content (AvgIpc) is 2.88. The highest BCUT2D eigenvalue weighted by molar-refractivity contribution is 5.96. The molecule has 35 heavy (non-hydrogen) atoms. The van der Waals surface area contributed by atoms with Crippen molar-refractivity contribution >= 4 is 29.7 Å². The number of carbonyl (C=O) groups is 1. The molecule has 1 saturated carbocycles. The minimum absolute atomic E-state index is 0.365. The number of hydrogen-bond donors (Lipinski definition) is 2. The van der Waals surface area contributed by atoms with E-state index in [1.165, 1.54) is 37.6 Å². The zero-order valence-electron chi connectivity index (χ0n) is 20.4. The van der Waals surface area contributed by atoms with Crippen LogP contribution in [0.4, 0.5) is 17.2 Å². The van der Waals surface area contributed by atoms with Crippen molar-refractivity contribution in [3.05, 3.63) is 65.9 Å². The minimum atomic E-state index is 0.365. The normalized spacial score (nSPS) is 17.4. The molecule has 3 aromatic rings. The van der Waals surface area contributed by atoms with Gasteiger partial charge in [0.1, 0.15) is 5.82 Å². The first-order valence-corrected chi connectivity index (χ1v) is 12.3. The van der Waals surface area contributed by atoms with Gasteiger partial charge in [-0.05, 0) is 61.3 Å². The molecule has 1 spiro atoms. The van der Waals surface area contributed by atoms with Crippen LogP contribution in [0.25, 0.3) is 11.4 Å². The molecule has 0 amide bonds. The number of carbonyl (C=O) groups excluding carboxylic acids is 1. The van der Waals surface area contributed by atoms with Gasteiger partial charge in [-0.1, -0.05) is 37.3 Å². The highest BCUT2D eigenvalue weighted by atomic mass is 16.1. The zero-order chi connectivity index (χ0) is 24.3. The number of nitrogens with one attached hydrogen (secondary N) is 2. The first kappa shape index (κ1) is 23.0. The maximum absolute atomic E-state index is 12.0. The van der Waals surface area contributed by atoms with Gasteiger partial charge in [-0.3, -0.25) is 4.79 Å². The third-order valence-corrected chi connectivity index (χ3v) is 7.32. The van der Waals surface area contributed by atoms with E-state index in [0.717, 1.165) is 36.5 Å². The predicted octanol–water partition coefficient (Wildman–Crippen LogP) is 5.27. The van der Waals surface area contributed by atoms with Gasteiger partial charge in [0.25, 0.3) is 0 Å². The van der Waals surface area contributed by atoms with E-state index in [2.05, 4.69) is 49.8 Å². The maximum atomic E-state index is 12.0. The molecule has 2 fully saturated rings. The number of aldehydes is 1. The molecule has 1 aromatic heterocycles. The number of benzene rings is 2. The van der Waals surface area contributed by atoms with Crippen LogP contribution in [-0.2, 0) is 0 Å². The van der Waals surface area contributed by atoms with Crippen molar-refractivity contribution in [3.63, 3.8) is 0 Å². The van der Waals surface area contributed by atoms with Crippen LogP contribution in [-0.4, -0.2) is 42.6 Å². The highest BCUT2D eigenvalue weighted by Gasteiger charge is 2.43. The van der Waals surface area contributed by atoms with Crippen LogP contribution in [0, 0.1) is 11.3 Å². The summed E-state index contributed by atoms with van der Waals surface area (Å²) in [6.07, 6.45) is 7.69. The van der Waals surface area contributed by atoms with E-state index in [0.29, 0.717) is 28.3 Å². The van der Waals surface area contributed by atoms with E-state index in [-0.39, 0.29) is 0 Å². The number of nitrogens with zero attached hydrogens (tertiary/aromatic N) is 4. The van der Waals surface area contributed by atoms with Gasteiger partial charge in [-0.2, -0.15) is 5.10 Å². The second-order valence-corrected chi connectivity index (χ2v) is 9.83. The van der Waals surface area contributed by atoms with Crippen LogP contribution >= 0.6 is 0 Å². The fourth-order valence-electron chi connectivity index (χ4n) is 5.60. The van der Waals surface area contributed by atoms with Crippen molar-refractivity contribution in [2.24, 2.45) is 16.4 Å². The van der Waals surface area contributed by atoms with Gasteiger partial charge in [0.05, 0.1) is 17.5 Å². The number of hydrazone groups is 1. The van der Waals surface area contributed by atoms with Crippen molar-refractivity contribution < 1.29 is 4.79 Å². The van der Waals surface area contributed by atoms with Gasteiger partial charge in [0.2, 0.25) is 0 Å². The molecule has 2 N–H and O–H groups in total. The van der Waals surface area contributed by atoms with Gasteiger partial charge in [0.15, 0.2) is 12.1 Å². The van der Waals surface area contributed by atoms with E-state index in [1.54, 1.807) is 7.05 Å². The lowest BCUT2D eigenvalue weighted by molar-refractivity contribution is 0.0382. The molecule has 7 heteroatoms. The standard InChI is InChI=1S/C28H32N6O/c1-20-16-28(17-20)12-14-34(15-13-28)23-10-8-22(9-11-23)31-27-24(19-35)25(18-30-29-2)32-26(33-27)21-6-4-3-5-7-21/h3-11,18-20,29H,12-17H2,1-2H3,(H,31,32,33)/b30-18-. The summed E-state index contributed by atoms with van der Waals surface area (Å²) in [5, 5.41) is 7.40. The molecular formula is C28H32N6O. The second kappa shape index (κ2) is 9.86. The fraction of sp³-hybridized carbons (Fsp3) is 0.357. The summed E-state index contributed by atoms with van der Waals surface area (Å²) in [4.78, 5) is 23.7. The van der Waals surface area contributed by atoms with Crippen LogP contribution in [0.3, 0.4) is 0 Å². The largest absolute Gasteiger partial charge is 0.371 e. The highest BCUT2D eigenvalue weighted by Crippen LogP contribution is 2.52. The van der Waals surface area contributed by atoms with Crippen LogP contribution in [0.2, 0.25) is 0 Å². The third-order valence-electron chi connectivity index (χ3n) is 7.32. The monoisotopic (exact) mass is 468 g/mol. The van der Waals surface area contributed by atoms with Crippen molar-refractivity contribution in [2.45, 2.75) is 32.6 Å². The van der Waals surface area contributed by atoms with Crippen molar-refractivity contribution in [1.29, 1.82) is 0 Å². The summed E-state index contributed by atoms with van der Waals surface area (Å²) in [6, 6.07) is 18.1. The smallest absolute Gasteiger partial charge is 0.162 e. The number of aromatic nitrogens is 2. The van der Waals surface area contributed by atoms with Gasteiger partial charge < -0.3 is 15.6 Å². The lowest BCUT2D eigenvalue weighted by atomic mass is 9.58. The molecule has 2 aliphatic rings. The third kappa shape index (κ3) is 4.90. The first-order valence-electron chi connectivity index (χ1n) is 12.3. The molecule has 0 unspecified atom stereocenters. The Kier molecular flexibility index (Phi) is 6.49. The van der Waals surface area contributed by atoms with Gasteiger partial charge in [0, 0.05) is 37.1 Å². The minimum Gasteiger partial charge on any atom is -0.371 e. The number of piperidine rings is 1. The summed E-state index contributed by atoms with van der Waals surface area (Å²) in [5.74, 6) is 1.89. The van der Waals surface area contributed by atoms with E-state index in [4.69, 9.17) is 0 Å². The Hall–Kier alpha value is -3.74. The molecule has 1 saturated heterocycles. The molecule has 0 atom stereocenters. The Labute approximate surface area is 206 Å². The molecule has 0 radical (unpaired) electrons. The summed E-state index contributed by atoms with van der Waals surface area (Å²) in [7, 11) is 1.70. The molecular weight excluding hydrogens is 436 g/mol. The zero-order valence-corrected chi connectivity index (χ0v) is 20.4. The quantitative estimate of drug-likeness (QED) is 0.279. The predicted molar refractivity (Wildman–Crippen MR) is 142 cm³/mol. The molecule has 5 rings (SSSR count). The second-order valence-electron chi connectivity index (χ2n) is 9.83. The molecule has 1 aliphatic carbocycles. The van der Waals surface area contributed by atoms with Crippen molar-refractivity contribution in [1.82, 2.24) is 15.4 Å². The lowest BCUT2D eigenvalue weighted by Crippen LogP contribution is -2.46. The van der Waals surface area contributed by atoms with Crippen LogP contribution in [0.15, 0.2) is 59.7 Å². The number of hydrogen-bond acceptors (Lipinski definition) is 7. The summed E-state index contributed by atoms with van der Waals surface area (Å²) in [5.41, 5.74) is 7.12. The first-order chi connectivity index (χ1) is 17.1. The SMILES string of the molecule is CN/N=C\c1nc(-c2ccccc2)nc(Nc2ccc(N3CCC4(CC3)CC(C)C4)cc2)c1C=O. The molecule has 7 nitrogen and oxygen atoms in total. The van der Waals surface area contributed by atoms with E-state index in [1.807, 2.05) is 42.5 Å². The number of anilines is 3. The Morgan fingerprint density at radius 2 is 1.74 bits per heavy atom. The maximum Gasteiger partial charge on any atom is 0.162 e. The van der Waals surface area contributed by atoms with Crippen LogP contribution < -0.4 is 15.6 Å². The molecule has 0 bridgehead atoms. The van der Waals surface area contributed by atoms with Crippen LogP contribution in [0.5, 0.6) is 0 Å². The molecule has 1 aliphatic heterocycles. The Balaban J connectivity index is 1.37. The van der Waals surface area contributed by atoms with E-state index < -0.39 is 0 Å². The fourth-order valence-corrected chi connectivity index (χ4v) is 5.60. The van der Waals surface area contributed by atoms with E-state index >= 15 is 0 Å². The topological polar surface area (TPSA) is 82.5 Å². The summed E-state index contributed by atoms with van der Waals surface area (Å²) in [6.45, 7) is 4.61. The Bertz CT molecular complexity index is 1190. The molecule has 2 aromatic carbocycles. The van der Waals surface area contributed by atoms with Crippen molar-refractivity contribution in [2.75, 3.05) is 30.4 Å². The lowest BCUT2D eigenvalue weighted by Gasteiger charge is -2.52. The van der Waals surface area contributed by atoms with E-state index in [9.17, 15) is 4.79 Å². The number of rotatable bonds is 7. The van der Waals surface area contributed by atoms with Gasteiger partial charge in [-0.25, -0.2) is 9.97 Å². The Morgan fingerprint density at radius 3 is 2.37 bits per heavy atom. The summed E-state index contributed by atoms with van der Waals surface area (Å²) < 4.78 is 0. The molecule has 2 heterocycles. The van der Waals surface area contributed by atoms with Gasteiger partial charge >= 0.3 is 0 Å². The van der Waals surface area contributed by atoms with Gasteiger partial charge in [-0.15, -0.1) is 0 Å².